The minimum absolute atomic E-state index is 0.185. The lowest BCUT2D eigenvalue weighted by Crippen LogP contribution is -2.26. The van der Waals surface area contributed by atoms with Gasteiger partial charge in [0.05, 0.1) is 0 Å². The van der Waals surface area contributed by atoms with Crippen LogP contribution >= 0.6 is 0 Å². The molecule has 0 spiro atoms. The zero-order valence-electron chi connectivity index (χ0n) is 10.0. The predicted molar refractivity (Wildman–Crippen MR) is 66.8 cm³/mol. The molecule has 2 rings (SSSR count). The first-order valence-corrected chi connectivity index (χ1v) is 7.49. The van der Waals surface area contributed by atoms with Crippen LogP contribution in [0, 0.1) is 11.7 Å². The van der Waals surface area contributed by atoms with E-state index in [1.54, 1.807) is 0 Å². The standard InChI is InChI=1S/C12H17FN2O2S/c13-11-4-3-10(8-14)7-12(11)18(16,17)15-6-5-9-1-2-9/h3-4,7,9,15H,1-2,5-6,8,14H2. The van der Waals surface area contributed by atoms with Gasteiger partial charge < -0.3 is 5.73 Å². The Labute approximate surface area is 106 Å². The van der Waals surface area contributed by atoms with Crippen LogP contribution in [0.15, 0.2) is 23.1 Å². The molecule has 4 nitrogen and oxygen atoms in total. The average Bonchev–Trinajstić information content (AvgIpc) is 3.13. The Morgan fingerprint density at radius 2 is 2.11 bits per heavy atom. The number of benzene rings is 1. The first-order chi connectivity index (χ1) is 8.53. The van der Waals surface area contributed by atoms with Crippen molar-refractivity contribution in [3.63, 3.8) is 0 Å². The summed E-state index contributed by atoms with van der Waals surface area (Å²) >= 11 is 0. The Hall–Kier alpha value is -0.980. The fourth-order valence-electron chi connectivity index (χ4n) is 1.76. The van der Waals surface area contributed by atoms with Crippen LogP contribution < -0.4 is 10.5 Å². The van der Waals surface area contributed by atoms with Crippen LogP contribution in [0.1, 0.15) is 24.8 Å². The van der Waals surface area contributed by atoms with Crippen LogP contribution in [0.3, 0.4) is 0 Å². The van der Waals surface area contributed by atoms with Gasteiger partial charge in [0.25, 0.3) is 0 Å². The van der Waals surface area contributed by atoms with Gasteiger partial charge in [0.2, 0.25) is 10.0 Å². The van der Waals surface area contributed by atoms with Crippen LogP contribution in [0.25, 0.3) is 0 Å². The Morgan fingerprint density at radius 3 is 2.72 bits per heavy atom. The van der Waals surface area contributed by atoms with Gasteiger partial charge in [-0.15, -0.1) is 0 Å². The largest absolute Gasteiger partial charge is 0.326 e. The molecular weight excluding hydrogens is 255 g/mol. The molecule has 0 aliphatic heterocycles. The van der Waals surface area contributed by atoms with Gasteiger partial charge >= 0.3 is 0 Å². The van der Waals surface area contributed by atoms with Crippen LogP contribution in [-0.2, 0) is 16.6 Å². The fraction of sp³-hybridized carbons (Fsp3) is 0.500. The smallest absolute Gasteiger partial charge is 0.243 e. The van der Waals surface area contributed by atoms with Crippen molar-refractivity contribution in [3.8, 4) is 0 Å². The summed E-state index contributed by atoms with van der Waals surface area (Å²) in [4.78, 5) is -0.318. The van der Waals surface area contributed by atoms with E-state index in [1.807, 2.05) is 0 Å². The van der Waals surface area contributed by atoms with E-state index in [0.717, 1.165) is 12.5 Å². The lowest BCUT2D eigenvalue weighted by atomic mass is 10.2. The van der Waals surface area contributed by atoms with Crippen molar-refractivity contribution < 1.29 is 12.8 Å². The zero-order chi connectivity index (χ0) is 13.2. The quantitative estimate of drug-likeness (QED) is 0.821. The molecule has 100 valence electrons. The summed E-state index contributed by atoms with van der Waals surface area (Å²) in [6, 6.07) is 3.91. The van der Waals surface area contributed by atoms with Crippen LogP contribution in [0.2, 0.25) is 0 Å². The summed E-state index contributed by atoms with van der Waals surface area (Å²) in [5, 5.41) is 0. The van der Waals surface area contributed by atoms with Crippen molar-refractivity contribution in [2.24, 2.45) is 11.7 Å². The number of halogens is 1. The molecule has 0 bridgehead atoms. The van der Waals surface area contributed by atoms with Gasteiger partial charge in [0.1, 0.15) is 10.7 Å². The van der Waals surface area contributed by atoms with Crippen LogP contribution in [0.5, 0.6) is 0 Å². The topological polar surface area (TPSA) is 72.2 Å². The molecule has 1 aromatic rings. The number of nitrogens with one attached hydrogen (secondary N) is 1. The number of nitrogens with two attached hydrogens (primary N) is 1. The van der Waals surface area contributed by atoms with Crippen LogP contribution in [-0.4, -0.2) is 15.0 Å². The third-order valence-corrected chi connectivity index (χ3v) is 4.54. The average molecular weight is 272 g/mol. The molecule has 1 aromatic carbocycles. The lowest BCUT2D eigenvalue weighted by molar-refractivity contribution is 0.552. The Kier molecular flexibility index (Phi) is 3.99. The SMILES string of the molecule is NCc1ccc(F)c(S(=O)(=O)NCCC2CC2)c1. The van der Waals surface area contributed by atoms with Gasteiger partial charge in [-0.25, -0.2) is 17.5 Å². The van der Waals surface area contributed by atoms with E-state index >= 15 is 0 Å². The fourth-order valence-corrected chi connectivity index (χ4v) is 2.94. The summed E-state index contributed by atoms with van der Waals surface area (Å²) in [7, 11) is -3.77. The van der Waals surface area contributed by atoms with Gasteiger partial charge in [-0.05, 0) is 30.0 Å². The van der Waals surface area contributed by atoms with Gasteiger partial charge in [-0.3, -0.25) is 0 Å². The number of sulfonamides is 1. The van der Waals surface area contributed by atoms with Gasteiger partial charge in [-0.1, -0.05) is 18.9 Å². The maximum Gasteiger partial charge on any atom is 0.243 e. The van der Waals surface area contributed by atoms with Crippen molar-refractivity contribution in [2.75, 3.05) is 6.54 Å². The normalized spacial score (nSPS) is 15.9. The highest BCUT2D eigenvalue weighted by Crippen LogP contribution is 2.31. The highest BCUT2D eigenvalue weighted by molar-refractivity contribution is 7.89. The number of rotatable bonds is 6. The minimum atomic E-state index is -3.77. The van der Waals surface area contributed by atoms with E-state index in [9.17, 15) is 12.8 Å². The van der Waals surface area contributed by atoms with Gasteiger partial charge in [-0.2, -0.15) is 0 Å². The number of hydrogen-bond acceptors (Lipinski definition) is 3. The third-order valence-electron chi connectivity index (χ3n) is 3.06. The second-order valence-corrected chi connectivity index (χ2v) is 6.33. The van der Waals surface area contributed by atoms with Crippen molar-refractivity contribution in [1.29, 1.82) is 0 Å². The molecule has 0 atom stereocenters. The molecule has 0 radical (unpaired) electrons. The first kappa shape index (κ1) is 13.5. The van der Waals surface area contributed by atoms with E-state index in [0.29, 0.717) is 18.0 Å². The van der Waals surface area contributed by atoms with Gasteiger partial charge in [0, 0.05) is 13.1 Å². The maximum atomic E-state index is 13.5. The summed E-state index contributed by atoms with van der Waals surface area (Å²) in [6.07, 6.45) is 3.15. The molecule has 0 heterocycles. The van der Waals surface area contributed by atoms with Crippen molar-refractivity contribution in [3.05, 3.63) is 29.6 Å². The Morgan fingerprint density at radius 1 is 1.39 bits per heavy atom. The molecule has 1 aliphatic carbocycles. The maximum absolute atomic E-state index is 13.5. The van der Waals surface area contributed by atoms with E-state index < -0.39 is 15.8 Å². The highest BCUT2D eigenvalue weighted by Gasteiger charge is 2.23. The molecule has 0 saturated heterocycles. The zero-order valence-corrected chi connectivity index (χ0v) is 10.8. The summed E-state index contributed by atoms with van der Waals surface area (Å²) in [5.74, 6) is -0.112. The highest BCUT2D eigenvalue weighted by atomic mass is 32.2. The third kappa shape index (κ3) is 3.28. The van der Waals surface area contributed by atoms with Crippen molar-refractivity contribution in [1.82, 2.24) is 4.72 Å². The Bertz CT molecular complexity index is 527. The molecule has 0 amide bonds. The van der Waals surface area contributed by atoms with Crippen molar-refractivity contribution in [2.45, 2.75) is 30.7 Å². The van der Waals surface area contributed by atoms with Crippen molar-refractivity contribution >= 4 is 10.0 Å². The molecule has 1 aliphatic rings. The predicted octanol–water partition coefficient (Wildman–Crippen LogP) is 1.36. The monoisotopic (exact) mass is 272 g/mol. The lowest BCUT2D eigenvalue weighted by Gasteiger charge is -2.08. The van der Waals surface area contributed by atoms with Crippen LogP contribution in [0.4, 0.5) is 4.39 Å². The summed E-state index contributed by atoms with van der Waals surface area (Å²) in [6.45, 7) is 0.546. The molecule has 3 N–H and O–H groups in total. The molecule has 1 fully saturated rings. The molecular formula is C12H17FN2O2S. The van der Waals surface area contributed by atoms with E-state index in [-0.39, 0.29) is 11.4 Å². The molecule has 1 saturated carbocycles. The molecule has 0 unspecified atom stereocenters. The molecule has 6 heteroatoms. The van der Waals surface area contributed by atoms with E-state index in [1.165, 1.54) is 25.0 Å². The van der Waals surface area contributed by atoms with E-state index in [4.69, 9.17) is 5.73 Å². The van der Waals surface area contributed by atoms with Gasteiger partial charge in [0.15, 0.2) is 0 Å². The molecule has 0 aromatic heterocycles. The number of hydrogen-bond donors (Lipinski definition) is 2. The second kappa shape index (κ2) is 5.34. The minimum Gasteiger partial charge on any atom is -0.326 e. The van der Waals surface area contributed by atoms with E-state index in [2.05, 4.69) is 4.72 Å². The Balaban J connectivity index is 2.11. The summed E-state index contributed by atoms with van der Waals surface area (Å²) < 4.78 is 39.8. The first-order valence-electron chi connectivity index (χ1n) is 6.01. The molecule has 18 heavy (non-hydrogen) atoms. The summed E-state index contributed by atoms with van der Waals surface area (Å²) in [5.41, 5.74) is 6.02. The second-order valence-electron chi connectivity index (χ2n) is 4.60.